The van der Waals surface area contributed by atoms with Crippen LogP contribution in [0.5, 0.6) is 11.6 Å². The number of hydrogen-bond donors (Lipinski definition) is 1. The van der Waals surface area contributed by atoms with Crippen LogP contribution in [0.3, 0.4) is 0 Å². The maximum Gasteiger partial charge on any atom is 0.226 e. The number of rotatable bonds is 8. The van der Waals surface area contributed by atoms with Gasteiger partial charge in [-0.15, -0.1) is 0 Å². The molecule has 3 aromatic rings. The van der Waals surface area contributed by atoms with Gasteiger partial charge in [-0.1, -0.05) is 6.42 Å². The Morgan fingerprint density at radius 2 is 1.97 bits per heavy atom. The fourth-order valence-electron chi connectivity index (χ4n) is 3.74. The fourth-order valence-corrected chi connectivity index (χ4v) is 3.74. The molecule has 0 aliphatic heterocycles. The van der Waals surface area contributed by atoms with Crippen molar-refractivity contribution in [3.8, 4) is 23.0 Å². The first kappa shape index (κ1) is 21.0. The van der Waals surface area contributed by atoms with Gasteiger partial charge in [0.15, 0.2) is 11.6 Å². The Balaban J connectivity index is 1.49. The minimum atomic E-state index is 0.271. The molecule has 0 radical (unpaired) electrons. The van der Waals surface area contributed by atoms with Crippen LogP contribution in [0.4, 0.5) is 5.95 Å². The number of nitrogens with one attached hydrogen (secondary N) is 1. The average Bonchev–Trinajstić information content (AvgIpc) is 3.15. The van der Waals surface area contributed by atoms with Gasteiger partial charge in [-0.2, -0.15) is 10.1 Å². The molecule has 0 atom stereocenters. The van der Waals surface area contributed by atoms with E-state index in [4.69, 9.17) is 14.5 Å². The summed E-state index contributed by atoms with van der Waals surface area (Å²) < 4.78 is 13.4. The van der Waals surface area contributed by atoms with Crippen LogP contribution in [0.2, 0.25) is 0 Å². The van der Waals surface area contributed by atoms with E-state index in [0.29, 0.717) is 30.8 Å². The lowest BCUT2D eigenvalue weighted by Gasteiger charge is -2.23. The Labute approximate surface area is 182 Å². The molecular formula is C22H29N7O2. The van der Waals surface area contributed by atoms with E-state index in [1.54, 1.807) is 29.3 Å². The minimum Gasteiger partial charge on any atom is -0.487 e. The Bertz CT molecular complexity index is 1010. The molecule has 0 spiro atoms. The number of anilines is 1. The summed E-state index contributed by atoms with van der Waals surface area (Å²) in [7, 11) is 1.89. The first-order valence-corrected chi connectivity index (χ1v) is 10.8. The monoisotopic (exact) mass is 423 g/mol. The lowest BCUT2D eigenvalue weighted by molar-refractivity contribution is 0.152. The van der Waals surface area contributed by atoms with Gasteiger partial charge >= 0.3 is 0 Å². The summed E-state index contributed by atoms with van der Waals surface area (Å²) in [4.78, 5) is 17.9. The molecule has 0 unspecified atom stereocenters. The van der Waals surface area contributed by atoms with E-state index >= 15 is 0 Å². The summed E-state index contributed by atoms with van der Waals surface area (Å²) in [5.74, 6) is 2.42. The van der Waals surface area contributed by atoms with Gasteiger partial charge in [0, 0.05) is 19.3 Å². The predicted octanol–water partition coefficient (Wildman–Crippen LogP) is 3.70. The molecule has 31 heavy (non-hydrogen) atoms. The van der Waals surface area contributed by atoms with E-state index in [2.05, 4.69) is 25.4 Å². The van der Waals surface area contributed by atoms with Crippen molar-refractivity contribution in [2.75, 3.05) is 11.9 Å². The lowest BCUT2D eigenvalue weighted by Crippen LogP contribution is -2.20. The van der Waals surface area contributed by atoms with Crippen molar-refractivity contribution in [1.82, 2.24) is 29.7 Å². The van der Waals surface area contributed by atoms with Gasteiger partial charge in [-0.25, -0.2) is 15.0 Å². The van der Waals surface area contributed by atoms with E-state index in [1.165, 1.54) is 19.3 Å². The molecule has 9 nitrogen and oxygen atoms in total. The maximum absolute atomic E-state index is 6.16. The fraction of sp³-hybridized carbons (Fsp3) is 0.500. The highest BCUT2D eigenvalue weighted by molar-refractivity contribution is 5.58. The standard InChI is InChI=1S/C22H29N7O2/c1-4-30-20-10-11-23-22(28-20)25-13-18-17(12-26-29(18)3)21-24-14-19(15(2)27-21)31-16-8-6-5-7-9-16/h10-12,14,16H,4-9,13H2,1-3H3,(H,23,25,28). The second-order valence-corrected chi connectivity index (χ2v) is 7.65. The van der Waals surface area contributed by atoms with Crippen LogP contribution in [-0.4, -0.2) is 42.4 Å². The van der Waals surface area contributed by atoms with Gasteiger partial charge in [0.1, 0.15) is 0 Å². The Morgan fingerprint density at radius 1 is 1.13 bits per heavy atom. The van der Waals surface area contributed by atoms with Crippen LogP contribution in [0.25, 0.3) is 11.4 Å². The summed E-state index contributed by atoms with van der Waals surface area (Å²) >= 11 is 0. The zero-order chi connectivity index (χ0) is 21.6. The summed E-state index contributed by atoms with van der Waals surface area (Å²) in [6.07, 6.45) is 11.5. The highest BCUT2D eigenvalue weighted by Gasteiger charge is 2.19. The molecule has 1 N–H and O–H groups in total. The SMILES string of the molecule is CCOc1ccnc(NCc2c(-c3ncc(OC4CCCCC4)c(C)n3)cnn2C)n1. The molecule has 3 aromatic heterocycles. The molecule has 0 amide bonds. The van der Waals surface area contributed by atoms with Gasteiger partial charge in [-0.05, 0) is 39.5 Å². The van der Waals surface area contributed by atoms with Crippen LogP contribution in [-0.2, 0) is 13.6 Å². The summed E-state index contributed by atoms with van der Waals surface area (Å²) in [6, 6.07) is 1.73. The second kappa shape index (κ2) is 9.72. The third-order valence-electron chi connectivity index (χ3n) is 5.42. The first-order valence-electron chi connectivity index (χ1n) is 10.8. The Morgan fingerprint density at radius 3 is 2.74 bits per heavy atom. The van der Waals surface area contributed by atoms with E-state index in [-0.39, 0.29) is 6.10 Å². The topological polar surface area (TPSA) is 99.9 Å². The van der Waals surface area contributed by atoms with Crippen LogP contribution in [0.1, 0.15) is 50.4 Å². The van der Waals surface area contributed by atoms with Crippen LogP contribution in [0.15, 0.2) is 24.7 Å². The maximum atomic E-state index is 6.16. The summed E-state index contributed by atoms with van der Waals surface area (Å²) in [5.41, 5.74) is 2.64. The summed E-state index contributed by atoms with van der Waals surface area (Å²) in [6.45, 7) is 4.92. The number of ether oxygens (including phenoxy) is 2. The molecular weight excluding hydrogens is 394 g/mol. The summed E-state index contributed by atoms with van der Waals surface area (Å²) in [5, 5.41) is 7.63. The molecule has 1 aliphatic rings. The van der Waals surface area contributed by atoms with Crippen LogP contribution in [0, 0.1) is 6.92 Å². The molecule has 3 heterocycles. The normalized spacial score (nSPS) is 14.4. The molecule has 1 fully saturated rings. The van der Waals surface area contributed by atoms with Crippen molar-refractivity contribution in [2.45, 2.75) is 58.6 Å². The van der Waals surface area contributed by atoms with E-state index in [0.717, 1.165) is 35.5 Å². The van der Waals surface area contributed by atoms with Crippen molar-refractivity contribution in [3.05, 3.63) is 36.0 Å². The van der Waals surface area contributed by atoms with Gasteiger partial charge in [0.05, 0.1) is 48.6 Å². The largest absolute Gasteiger partial charge is 0.487 e. The highest BCUT2D eigenvalue weighted by Crippen LogP contribution is 2.27. The Hall–Kier alpha value is -3.23. The number of aromatic nitrogens is 6. The van der Waals surface area contributed by atoms with Crippen LogP contribution < -0.4 is 14.8 Å². The zero-order valence-corrected chi connectivity index (χ0v) is 18.3. The highest BCUT2D eigenvalue weighted by atomic mass is 16.5. The van der Waals surface area contributed by atoms with E-state index in [1.807, 2.05) is 20.9 Å². The molecule has 0 aromatic carbocycles. The van der Waals surface area contributed by atoms with Crippen LogP contribution >= 0.6 is 0 Å². The van der Waals surface area contributed by atoms with Gasteiger partial charge in [-0.3, -0.25) is 4.68 Å². The van der Waals surface area contributed by atoms with Crippen molar-refractivity contribution in [1.29, 1.82) is 0 Å². The smallest absolute Gasteiger partial charge is 0.226 e. The van der Waals surface area contributed by atoms with E-state index < -0.39 is 0 Å². The average molecular weight is 424 g/mol. The van der Waals surface area contributed by atoms with Crippen molar-refractivity contribution >= 4 is 5.95 Å². The molecule has 4 rings (SSSR count). The Kier molecular flexibility index (Phi) is 6.59. The van der Waals surface area contributed by atoms with Crippen molar-refractivity contribution in [2.24, 2.45) is 7.05 Å². The molecule has 0 saturated heterocycles. The number of nitrogens with zero attached hydrogens (tertiary/aromatic N) is 6. The number of aryl methyl sites for hydroxylation is 2. The zero-order valence-electron chi connectivity index (χ0n) is 18.3. The third kappa shape index (κ3) is 5.10. The number of hydrogen-bond acceptors (Lipinski definition) is 8. The second-order valence-electron chi connectivity index (χ2n) is 7.65. The van der Waals surface area contributed by atoms with Gasteiger partial charge < -0.3 is 14.8 Å². The minimum absolute atomic E-state index is 0.271. The third-order valence-corrected chi connectivity index (χ3v) is 5.42. The molecule has 0 bridgehead atoms. The molecule has 9 heteroatoms. The van der Waals surface area contributed by atoms with Crippen molar-refractivity contribution < 1.29 is 9.47 Å². The quantitative estimate of drug-likeness (QED) is 0.585. The first-order chi connectivity index (χ1) is 15.1. The van der Waals surface area contributed by atoms with E-state index in [9.17, 15) is 0 Å². The van der Waals surface area contributed by atoms with Gasteiger partial charge in [0.25, 0.3) is 0 Å². The molecule has 164 valence electrons. The molecule has 1 saturated carbocycles. The van der Waals surface area contributed by atoms with Crippen molar-refractivity contribution in [3.63, 3.8) is 0 Å². The lowest BCUT2D eigenvalue weighted by atomic mass is 9.98. The predicted molar refractivity (Wildman–Crippen MR) is 117 cm³/mol. The molecule has 1 aliphatic carbocycles. The van der Waals surface area contributed by atoms with Gasteiger partial charge in [0.2, 0.25) is 11.8 Å².